The third-order valence-corrected chi connectivity index (χ3v) is 1.50. The summed E-state index contributed by atoms with van der Waals surface area (Å²) in [5.74, 6) is -0.178. The maximum absolute atomic E-state index is 11.6. The van der Waals surface area contributed by atoms with Crippen molar-refractivity contribution in [2.75, 3.05) is 13.2 Å². The SMILES string of the molecule is CC1N=C(COCC(F)(F)F)NC1=O. The molecule has 80 valence electrons. The van der Waals surface area contributed by atoms with E-state index in [0.717, 1.165) is 0 Å². The maximum Gasteiger partial charge on any atom is 0.411 e. The third kappa shape index (κ3) is 3.33. The van der Waals surface area contributed by atoms with Gasteiger partial charge in [0.15, 0.2) is 0 Å². The van der Waals surface area contributed by atoms with Crippen LogP contribution in [0.15, 0.2) is 4.99 Å². The number of carbonyl (C=O) groups is 1. The van der Waals surface area contributed by atoms with Crippen molar-refractivity contribution in [2.24, 2.45) is 4.99 Å². The van der Waals surface area contributed by atoms with Gasteiger partial charge in [-0.05, 0) is 6.92 Å². The topological polar surface area (TPSA) is 50.7 Å². The van der Waals surface area contributed by atoms with Crippen LogP contribution < -0.4 is 5.32 Å². The Labute approximate surface area is 78.1 Å². The van der Waals surface area contributed by atoms with Crippen LogP contribution in [0.3, 0.4) is 0 Å². The first-order valence-electron chi connectivity index (χ1n) is 3.90. The molecular formula is C7H9F3N2O2. The van der Waals surface area contributed by atoms with Gasteiger partial charge in [0.25, 0.3) is 0 Å². The molecule has 7 heteroatoms. The van der Waals surface area contributed by atoms with Gasteiger partial charge < -0.3 is 10.1 Å². The first-order chi connectivity index (χ1) is 6.38. The molecule has 1 rings (SSSR count). The molecule has 0 bridgehead atoms. The van der Waals surface area contributed by atoms with Crippen molar-refractivity contribution in [2.45, 2.75) is 19.1 Å². The number of halogens is 3. The van der Waals surface area contributed by atoms with E-state index in [4.69, 9.17) is 0 Å². The molecule has 0 fully saturated rings. The average molecular weight is 210 g/mol. The summed E-state index contributed by atoms with van der Waals surface area (Å²) in [6.45, 7) is -0.113. The predicted octanol–water partition coefficient (Wildman–Crippen LogP) is 0.482. The first kappa shape index (κ1) is 11.0. The highest BCUT2D eigenvalue weighted by Crippen LogP contribution is 2.14. The van der Waals surface area contributed by atoms with Crippen LogP contribution >= 0.6 is 0 Å². The van der Waals surface area contributed by atoms with Gasteiger partial charge in [0.05, 0.1) is 0 Å². The fourth-order valence-corrected chi connectivity index (χ4v) is 0.908. The summed E-state index contributed by atoms with van der Waals surface area (Å²) in [6, 6.07) is -0.542. The van der Waals surface area contributed by atoms with Crippen molar-refractivity contribution in [3.05, 3.63) is 0 Å². The van der Waals surface area contributed by atoms with E-state index in [1.807, 2.05) is 0 Å². The Morgan fingerprint density at radius 3 is 2.64 bits per heavy atom. The smallest absolute Gasteiger partial charge is 0.364 e. The number of nitrogens with one attached hydrogen (secondary N) is 1. The number of amides is 1. The number of rotatable bonds is 3. The molecule has 1 heterocycles. The molecular weight excluding hydrogens is 201 g/mol. The Bertz CT molecular complexity index is 262. The Kier molecular flexibility index (Phi) is 3.10. The standard InChI is InChI=1S/C7H9F3N2O2/c1-4-6(13)12-5(11-4)2-14-3-7(8,9)10/h4H,2-3H2,1H3,(H,11,12,13). The highest BCUT2D eigenvalue weighted by Gasteiger charge is 2.28. The fourth-order valence-electron chi connectivity index (χ4n) is 0.908. The largest absolute Gasteiger partial charge is 0.411 e. The Balaban J connectivity index is 2.27. The molecule has 1 N–H and O–H groups in total. The lowest BCUT2D eigenvalue weighted by Gasteiger charge is -2.06. The second-order valence-electron chi connectivity index (χ2n) is 2.85. The zero-order chi connectivity index (χ0) is 10.8. The van der Waals surface area contributed by atoms with Gasteiger partial charge in [-0.15, -0.1) is 0 Å². The molecule has 1 atom stereocenters. The number of ether oxygens (including phenoxy) is 1. The van der Waals surface area contributed by atoms with Crippen LogP contribution in [-0.2, 0) is 9.53 Å². The number of hydrogen-bond acceptors (Lipinski definition) is 3. The van der Waals surface area contributed by atoms with Crippen LogP contribution in [-0.4, -0.2) is 37.2 Å². The molecule has 0 aromatic rings. The number of carbonyl (C=O) groups excluding carboxylic acids is 1. The van der Waals surface area contributed by atoms with Crippen molar-refractivity contribution in [1.82, 2.24) is 5.32 Å². The summed E-state index contributed by atoms with van der Waals surface area (Å²) in [6.07, 6.45) is -4.35. The summed E-state index contributed by atoms with van der Waals surface area (Å²) < 4.78 is 39.2. The zero-order valence-corrected chi connectivity index (χ0v) is 7.39. The van der Waals surface area contributed by atoms with Gasteiger partial charge in [-0.1, -0.05) is 0 Å². The normalized spacial score (nSPS) is 22.1. The van der Waals surface area contributed by atoms with Gasteiger partial charge in [0.2, 0.25) is 5.91 Å². The van der Waals surface area contributed by atoms with Gasteiger partial charge in [-0.2, -0.15) is 13.2 Å². The van der Waals surface area contributed by atoms with E-state index in [2.05, 4.69) is 15.0 Å². The molecule has 0 saturated carbocycles. The fraction of sp³-hybridized carbons (Fsp3) is 0.714. The summed E-state index contributed by atoms with van der Waals surface area (Å²) in [7, 11) is 0. The lowest BCUT2D eigenvalue weighted by atomic mass is 10.4. The van der Waals surface area contributed by atoms with E-state index in [9.17, 15) is 18.0 Å². The summed E-state index contributed by atoms with van der Waals surface area (Å²) in [4.78, 5) is 14.6. The molecule has 0 aromatic heterocycles. The number of alkyl halides is 3. The molecule has 0 saturated heterocycles. The third-order valence-electron chi connectivity index (χ3n) is 1.50. The molecule has 14 heavy (non-hydrogen) atoms. The summed E-state index contributed by atoms with van der Waals surface area (Å²) in [5.41, 5.74) is 0. The van der Waals surface area contributed by atoms with Crippen LogP contribution in [0.2, 0.25) is 0 Å². The van der Waals surface area contributed by atoms with Crippen molar-refractivity contribution >= 4 is 11.7 Å². The molecule has 1 aliphatic heterocycles. The van der Waals surface area contributed by atoms with E-state index in [-0.39, 0.29) is 18.3 Å². The van der Waals surface area contributed by atoms with E-state index >= 15 is 0 Å². The molecule has 1 aliphatic rings. The monoisotopic (exact) mass is 210 g/mol. The van der Waals surface area contributed by atoms with Crippen LogP contribution in [0.25, 0.3) is 0 Å². The average Bonchev–Trinajstić information content (AvgIpc) is 2.28. The second kappa shape index (κ2) is 3.95. The summed E-state index contributed by atoms with van der Waals surface area (Å²) in [5, 5.41) is 2.31. The second-order valence-corrected chi connectivity index (χ2v) is 2.85. The van der Waals surface area contributed by atoms with Crippen molar-refractivity contribution < 1.29 is 22.7 Å². The van der Waals surface area contributed by atoms with Crippen LogP contribution in [0, 0.1) is 0 Å². The van der Waals surface area contributed by atoms with Gasteiger partial charge in [-0.25, -0.2) is 0 Å². The number of hydrogen-bond donors (Lipinski definition) is 1. The number of aliphatic imine (C=N–C) groups is 1. The lowest BCUT2D eigenvalue weighted by Crippen LogP contribution is -2.31. The minimum absolute atomic E-state index is 0.145. The van der Waals surface area contributed by atoms with Crippen molar-refractivity contribution in [3.8, 4) is 0 Å². The minimum atomic E-state index is -4.35. The molecule has 0 spiro atoms. The van der Waals surface area contributed by atoms with E-state index < -0.39 is 18.8 Å². The molecule has 0 radical (unpaired) electrons. The highest BCUT2D eigenvalue weighted by molar-refractivity contribution is 6.06. The van der Waals surface area contributed by atoms with Crippen molar-refractivity contribution in [3.63, 3.8) is 0 Å². The predicted molar refractivity (Wildman–Crippen MR) is 41.9 cm³/mol. The zero-order valence-electron chi connectivity index (χ0n) is 7.39. The van der Waals surface area contributed by atoms with E-state index in [0.29, 0.717) is 0 Å². The molecule has 4 nitrogen and oxygen atoms in total. The van der Waals surface area contributed by atoms with Crippen LogP contribution in [0.5, 0.6) is 0 Å². The van der Waals surface area contributed by atoms with E-state index in [1.165, 1.54) is 0 Å². The first-order valence-corrected chi connectivity index (χ1v) is 3.90. The summed E-state index contributed by atoms with van der Waals surface area (Å²) >= 11 is 0. The van der Waals surface area contributed by atoms with Gasteiger partial charge in [-0.3, -0.25) is 9.79 Å². The lowest BCUT2D eigenvalue weighted by molar-refractivity contribution is -0.170. The Morgan fingerprint density at radius 1 is 1.57 bits per heavy atom. The molecule has 1 amide bonds. The van der Waals surface area contributed by atoms with E-state index in [1.54, 1.807) is 6.92 Å². The minimum Gasteiger partial charge on any atom is -0.364 e. The van der Waals surface area contributed by atoms with Gasteiger partial charge in [0, 0.05) is 0 Å². The molecule has 0 aliphatic carbocycles. The number of nitrogens with zero attached hydrogens (tertiary/aromatic N) is 1. The quantitative estimate of drug-likeness (QED) is 0.736. The maximum atomic E-state index is 11.6. The Hall–Kier alpha value is -1.11. The Morgan fingerprint density at radius 2 is 2.21 bits per heavy atom. The highest BCUT2D eigenvalue weighted by atomic mass is 19.4. The molecule has 0 aromatic carbocycles. The van der Waals surface area contributed by atoms with Gasteiger partial charge in [0.1, 0.15) is 25.1 Å². The molecule has 1 unspecified atom stereocenters. The number of amidine groups is 1. The van der Waals surface area contributed by atoms with Crippen molar-refractivity contribution in [1.29, 1.82) is 0 Å². The van der Waals surface area contributed by atoms with Crippen LogP contribution in [0.1, 0.15) is 6.92 Å². The van der Waals surface area contributed by atoms with Gasteiger partial charge >= 0.3 is 6.18 Å². The van der Waals surface area contributed by atoms with Crippen LogP contribution in [0.4, 0.5) is 13.2 Å².